The van der Waals surface area contributed by atoms with Crippen molar-refractivity contribution >= 4 is 23.4 Å². The van der Waals surface area contributed by atoms with Gasteiger partial charge in [-0.3, -0.25) is 14.3 Å². The molecule has 1 saturated heterocycles. The Morgan fingerprint density at radius 3 is 2.58 bits per heavy atom. The third-order valence-electron chi connectivity index (χ3n) is 6.11. The normalized spacial score (nSPS) is 14.5. The summed E-state index contributed by atoms with van der Waals surface area (Å²) in [5.74, 6) is 0.345. The maximum absolute atomic E-state index is 12.4. The molecule has 2 heterocycles. The maximum atomic E-state index is 12.4. The van der Waals surface area contributed by atoms with E-state index in [4.69, 9.17) is 0 Å². The summed E-state index contributed by atoms with van der Waals surface area (Å²) in [5.41, 5.74) is 6.07. The molecule has 0 radical (unpaired) electrons. The van der Waals surface area contributed by atoms with Crippen LogP contribution >= 0.6 is 11.8 Å². The van der Waals surface area contributed by atoms with Crippen molar-refractivity contribution in [2.24, 2.45) is 0 Å². The van der Waals surface area contributed by atoms with Crippen molar-refractivity contribution in [1.82, 2.24) is 25.0 Å². The Labute approximate surface area is 200 Å². The summed E-state index contributed by atoms with van der Waals surface area (Å²) in [6.07, 6.45) is 1.70. The molecule has 7 nitrogen and oxygen atoms in total. The van der Waals surface area contributed by atoms with Crippen LogP contribution in [0.25, 0.3) is 5.69 Å². The molecule has 1 fully saturated rings. The van der Waals surface area contributed by atoms with Gasteiger partial charge in [-0.2, -0.15) is 0 Å². The zero-order valence-corrected chi connectivity index (χ0v) is 20.4. The molecule has 1 aromatic heterocycles. The molecule has 1 N–H and O–H groups in total. The maximum Gasteiger partial charge on any atom is 0.230 e. The van der Waals surface area contributed by atoms with Crippen molar-refractivity contribution in [2.45, 2.75) is 25.9 Å². The first-order chi connectivity index (χ1) is 16.0. The van der Waals surface area contributed by atoms with Crippen molar-refractivity contribution in [2.75, 3.05) is 49.9 Å². The summed E-state index contributed by atoms with van der Waals surface area (Å²) in [5, 5.41) is 12.0. The molecule has 1 aliphatic rings. The number of rotatable bonds is 8. The molecule has 1 aliphatic heterocycles. The van der Waals surface area contributed by atoms with Crippen molar-refractivity contribution in [3.8, 4) is 5.69 Å². The average Bonchev–Trinajstić information content (AvgIpc) is 3.29. The monoisotopic (exact) mass is 464 g/mol. The highest BCUT2D eigenvalue weighted by Gasteiger charge is 2.17. The standard InChI is InChI=1S/C25H32N6OS/c1-19-5-4-6-22(15-19)30-13-11-29(12-14-30)10-9-26-24(32)17-33-25-28-27-18-31(25)23-8-7-20(2)21(3)16-23/h4-8,15-16,18H,9-14,17H2,1-3H3,(H,26,32). The number of anilines is 1. The number of amides is 1. The number of carbonyl (C=O) groups is 1. The van der Waals surface area contributed by atoms with Crippen LogP contribution in [-0.4, -0.2) is 70.6 Å². The minimum Gasteiger partial charge on any atom is -0.369 e. The molecule has 0 spiro atoms. The van der Waals surface area contributed by atoms with Gasteiger partial charge in [-0.25, -0.2) is 0 Å². The minimum absolute atomic E-state index is 0.0213. The van der Waals surface area contributed by atoms with Gasteiger partial charge in [0.1, 0.15) is 6.33 Å². The first-order valence-corrected chi connectivity index (χ1v) is 12.4. The number of thioether (sulfide) groups is 1. The van der Waals surface area contributed by atoms with Gasteiger partial charge in [-0.1, -0.05) is 30.0 Å². The number of hydrogen-bond donors (Lipinski definition) is 1. The Balaban J connectivity index is 1.18. The van der Waals surface area contributed by atoms with E-state index < -0.39 is 0 Å². The van der Waals surface area contributed by atoms with Gasteiger partial charge in [-0.05, 0) is 61.7 Å². The van der Waals surface area contributed by atoms with Crippen molar-refractivity contribution in [3.05, 3.63) is 65.5 Å². The van der Waals surface area contributed by atoms with Crippen LogP contribution in [0.2, 0.25) is 0 Å². The predicted molar refractivity (Wildman–Crippen MR) is 134 cm³/mol. The van der Waals surface area contributed by atoms with Crippen LogP contribution in [0.1, 0.15) is 16.7 Å². The minimum atomic E-state index is 0.0213. The first kappa shape index (κ1) is 23.3. The quantitative estimate of drug-likeness (QED) is 0.517. The number of aryl methyl sites for hydroxylation is 3. The van der Waals surface area contributed by atoms with Gasteiger partial charge in [0.25, 0.3) is 0 Å². The Bertz CT molecular complexity index is 1090. The molecule has 3 aromatic rings. The van der Waals surface area contributed by atoms with E-state index in [0.29, 0.717) is 12.3 Å². The molecule has 0 atom stereocenters. The fraction of sp³-hybridized carbons (Fsp3) is 0.400. The Hall–Kier alpha value is -2.84. The van der Waals surface area contributed by atoms with Gasteiger partial charge in [0.15, 0.2) is 5.16 Å². The lowest BCUT2D eigenvalue weighted by molar-refractivity contribution is -0.118. The van der Waals surface area contributed by atoms with Crippen LogP contribution in [0.3, 0.4) is 0 Å². The molecule has 0 saturated carbocycles. The van der Waals surface area contributed by atoms with Gasteiger partial charge < -0.3 is 10.2 Å². The molecule has 174 valence electrons. The van der Waals surface area contributed by atoms with Gasteiger partial charge in [-0.15, -0.1) is 10.2 Å². The van der Waals surface area contributed by atoms with Crippen LogP contribution in [0.4, 0.5) is 5.69 Å². The number of nitrogens with one attached hydrogen (secondary N) is 1. The summed E-state index contributed by atoms with van der Waals surface area (Å²) in [7, 11) is 0. The van der Waals surface area contributed by atoms with Crippen molar-refractivity contribution < 1.29 is 4.79 Å². The summed E-state index contributed by atoms with van der Waals surface area (Å²) >= 11 is 1.41. The lowest BCUT2D eigenvalue weighted by Crippen LogP contribution is -2.48. The van der Waals surface area contributed by atoms with Gasteiger partial charge in [0.05, 0.1) is 5.75 Å². The molecule has 2 aromatic carbocycles. The van der Waals surface area contributed by atoms with E-state index in [2.05, 4.69) is 88.5 Å². The number of piperazine rings is 1. The highest BCUT2D eigenvalue weighted by Crippen LogP contribution is 2.21. The lowest BCUT2D eigenvalue weighted by atomic mass is 10.1. The number of aromatic nitrogens is 3. The van der Waals surface area contributed by atoms with Crippen molar-refractivity contribution in [3.63, 3.8) is 0 Å². The zero-order chi connectivity index (χ0) is 23.2. The number of hydrogen-bond acceptors (Lipinski definition) is 6. The van der Waals surface area contributed by atoms with Crippen molar-refractivity contribution in [1.29, 1.82) is 0 Å². The topological polar surface area (TPSA) is 66.3 Å². The molecule has 0 bridgehead atoms. The van der Waals surface area contributed by atoms with E-state index in [9.17, 15) is 4.79 Å². The Morgan fingerprint density at radius 1 is 1.00 bits per heavy atom. The predicted octanol–water partition coefficient (Wildman–Crippen LogP) is 3.22. The molecule has 1 amide bonds. The number of carbonyl (C=O) groups excluding carboxylic acids is 1. The zero-order valence-electron chi connectivity index (χ0n) is 19.6. The summed E-state index contributed by atoms with van der Waals surface area (Å²) < 4.78 is 1.93. The lowest BCUT2D eigenvalue weighted by Gasteiger charge is -2.36. The van der Waals surface area contributed by atoms with Crippen LogP contribution in [0, 0.1) is 20.8 Å². The second-order valence-electron chi connectivity index (χ2n) is 8.56. The second kappa shape index (κ2) is 10.9. The fourth-order valence-electron chi connectivity index (χ4n) is 3.96. The third-order valence-corrected chi connectivity index (χ3v) is 7.05. The van der Waals surface area contributed by atoms with Crippen LogP contribution in [-0.2, 0) is 4.79 Å². The van der Waals surface area contributed by atoms with E-state index in [1.54, 1.807) is 6.33 Å². The Kier molecular flexibility index (Phi) is 7.67. The summed E-state index contributed by atoms with van der Waals surface area (Å²) in [6, 6.07) is 14.9. The fourth-order valence-corrected chi connectivity index (χ4v) is 4.72. The summed E-state index contributed by atoms with van der Waals surface area (Å²) in [6.45, 7) is 11.9. The second-order valence-corrected chi connectivity index (χ2v) is 9.50. The number of benzene rings is 2. The van der Waals surface area contributed by atoms with E-state index in [1.807, 2.05) is 4.57 Å². The van der Waals surface area contributed by atoms with Gasteiger partial charge >= 0.3 is 0 Å². The molecule has 8 heteroatoms. The van der Waals surface area contributed by atoms with E-state index in [-0.39, 0.29) is 5.91 Å². The molecule has 4 rings (SSSR count). The molecular formula is C25H32N6OS. The van der Waals surface area contributed by atoms with Crippen LogP contribution in [0.15, 0.2) is 53.9 Å². The van der Waals surface area contributed by atoms with Gasteiger partial charge in [0.2, 0.25) is 5.91 Å². The van der Waals surface area contributed by atoms with E-state index in [1.165, 1.54) is 34.1 Å². The van der Waals surface area contributed by atoms with Crippen LogP contribution < -0.4 is 10.2 Å². The molecule has 0 aliphatic carbocycles. The Morgan fingerprint density at radius 2 is 1.82 bits per heavy atom. The van der Waals surface area contributed by atoms with Crippen LogP contribution in [0.5, 0.6) is 0 Å². The highest BCUT2D eigenvalue weighted by atomic mass is 32.2. The van der Waals surface area contributed by atoms with E-state index >= 15 is 0 Å². The molecule has 0 unspecified atom stereocenters. The molecule has 33 heavy (non-hydrogen) atoms. The first-order valence-electron chi connectivity index (χ1n) is 11.4. The summed E-state index contributed by atoms with van der Waals surface area (Å²) in [4.78, 5) is 17.2. The smallest absolute Gasteiger partial charge is 0.230 e. The largest absolute Gasteiger partial charge is 0.369 e. The SMILES string of the molecule is Cc1cccc(N2CCN(CCNC(=O)CSc3nncn3-c3ccc(C)c(C)c3)CC2)c1. The number of nitrogens with zero attached hydrogens (tertiary/aromatic N) is 5. The van der Waals surface area contributed by atoms with E-state index in [0.717, 1.165) is 43.6 Å². The highest BCUT2D eigenvalue weighted by molar-refractivity contribution is 7.99. The third kappa shape index (κ3) is 6.15. The van der Waals surface area contributed by atoms with Gasteiger partial charge in [0, 0.05) is 50.6 Å². The molecular weight excluding hydrogens is 432 g/mol. The average molecular weight is 465 g/mol.